The van der Waals surface area contributed by atoms with Crippen molar-refractivity contribution in [3.8, 4) is 0 Å². The number of nitrogens with zero attached hydrogens (tertiary/aromatic N) is 2. The molecule has 2 saturated heterocycles. The SMILES string of the molecule is Cc1cccc(NC(=O)N2CCN(C(=O)C3CNC3)CC2)c1. The summed E-state index contributed by atoms with van der Waals surface area (Å²) in [5.41, 5.74) is 1.92. The summed E-state index contributed by atoms with van der Waals surface area (Å²) >= 11 is 0. The lowest BCUT2D eigenvalue weighted by Crippen LogP contribution is -2.57. The number of hydrogen-bond donors (Lipinski definition) is 2. The first-order valence-electron chi connectivity index (χ1n) is 7.75. The maximum atomic E-state index is 12.3. The van der Waals surface area contributed by atoms with Crippen LogP contribution in [0, 0.1) is 12.8 Å². The number of hydrogen-bond acceptors (Lipinski definition) is 3. The lowest BCUT2D eigenvalue weighted by atomic mass is 10.0. The monoisotopic (exact) mass is 302 g/mol. The molecule has 0 saturated carbocycles. The molecule has 2 N–H and O–H groups in total. The largest absolute Gasteiger partial charge is 0.339 e. The van der Waals surface area contributed by atoms with E-state index in [4.69, 9.17) is 0 Å². The number of piperazine rings is 1. The molecule has 3 rings (SSSR count). The lowest BCUT2D eigenvalue weighted by molar-refractivity contribution is -0.138. The molecule has 2 heterocycles. The van der Waals surface area contributed by atoms with Crippen molar-refractivity contribution < 1.29 is 9.59 Å². The molecule has 0 radical (unpaired) electrons. The Bertz CT molecular complexity index is 563. The van der Waals surface area contributed by atoms with Gasteiger partial charge in [-0.15, -0.1) is 0 Å². The molecule has 0 spiro atoms. The van der Waals surface area contributed by atoms with E-state index >= 15 is 0 Å². The van der Waals surface area contributed by atoms with Crippen molar-refractivity contribution >= 4 is 17.6 Å². The Morgan fingerprint density at radius 3 is 2.41 bits per heavy atom. The number of carbonyl (C=O) groups is 2. The maximum Gasteiger partial charge on any atom is 0.321 e. The zero-order valence-electron chi connectivity index (χ0n) is 12.8. The second-order valence-corrected chi connectivity index (χ2v) is 5.97. The molecule has 6 nitrogen and oxygen atoms in total. The van der Waals surface area contributed by atoms with Crippen LogP contribution in [0.4, 0.5) is 10.5 Å². The highest BCUT2D eigenvalue weighted by molar-refractivity contribution is 5.89. The molecule has 22 heavy (non-hydrogen) atoms. The number of urea groups is 1. The molecule has 118 valence electrons. The van der Waals surface area contributed by atoms with Gasteiger partial charge in [-0.3, -0.25) is 4.79 Å². The van der Waals surface area contributed by atoms with Crippen LogP contribution in [0.25, 0.3) is 0 Å². The van der Waals surface area contributed by atoms with E-state index in [-0.39, 0.29) is 17.9 Å². The highest BCUT2D eigenvalue weighted by Crippen LogP contribution is 2.13. The molecule has 2 aliphatic rings. The van der Waals surface area contributed by atoms with Gasteiger partial charge in [0.05, 0.1) is 5.92 Å². The Hall–Kier alpha value is -2.08. The third kappa shape index (κ3) is 3.22. The Morgan fingerprint density at radius 1 is 1.14 bits per heavy atom. The normalized spacial score (nSPS) is 18.8. The number of rotatable bonds is 2. The van der Waals surface area contributed by atoms with Crippen molar-refractivity contribution in [2.75, 3.05) is 44.6 Å². The molecule has 1 aromatic rings. The third-order valence-electron chi connectivity index (χ3n) is 4.28. The lowest BCUT2D eigenvalue weighted by Gasteiger charge is -2.38. The van der Waals surface area contributed by atoms with Gasteiger partial charge < -0.3 is 20.4 Å². The summed E-state index contributed by atoms with van der Waals surface area (Å²) in [6, 6.07) is 7.65. The molecule has 6 heteroatoms. The van der Waals surface area contributed by atoms with Crippen LogP contribution >= 0.6 is 0 Å². The summed E-state index contributed by atoms with van der Waals surface area (Å²) in [5.74, 6) is 0.352. The Labute approximate surface area is 130 Å². The first-order valence-corrected chi connectivity index (χ1v) is 7.75. The van der Waals surface area contributed by atoms with E-state index in [2.05, 4.69) is 10.6 Å². The second kappa shape index (κ2) is 6.36. The van der Waals surface area contributed by atoms with Gasteiger partial charge in [-0.25, -0.2) is 4.79 Å². The van der Waals surface area contributed by atoms with E-state index in [1.54, 1.807) is 4.90 Å². The fourth-order valence-corrected chi connectivity index (χ4v) is 2.78. The summed E-state index contributed by atoms with van der Waals surface area (Å²) in [4.78, 5) is 28.1. The number of anilines is 1. The van der Waals surface area contributed by atoms with E-state index < -0.39 is 0 Å². The fourth-order valence-electron chi connectivity index (χ4n) is 2.78. The van der Waals surface area contributed by atoms with Gasteiger partial charge in [-0.1, -0.05) is 12.1 Å². The minimum Gasteiger partial charge on any atom is -0.339 e. The molecular formula is C16H22N4O2. The first-order chi connectivity index (χ1) is 10.6. The van der Waals surface area contributed by atoms with Gasteiger partial charge in [-0.05, 0) is 24.6 Å². The van der Waals surface area contributed by atoms with Crippen molar-refractivity contribution in [1.82, 2.24) is 15.1 Å². The van der Waals surface area contributed by atoms with E-state index in [0.717, 1.165) is 24.3 Å². The predicted molar refractivity (Wildman–Crippen MR) is 84.7 cm³/mol. The molecule has 1 aromatic carbocycles. The molecule has 0 bridgehead atoms. The average molecular weight is 302 g/mol. The van der Waals surface area contributed by atoms with Crippen LogP contribution in [0.15, 0.2) is 24.3 Å². The van der Waals surface area contributed by atoms with Crippen LogP contribution in [-0.4, -0.2) is 61.0 Å². The van der Waals surface area contributed by atoms with Gasteiger partial charge in [-0.2, -0.15) is 0 Å². The fraction of sp³-hybridized carbons (Fsp3) is 0.500. The van der Waals surface area contributed by atoms with Crippen molar-refractivity contribution in [3.05, 3.63) is 29.8 Å². The van der Waals surface area contributed by atoms with Gasteiger partial charge in [0.2, 0.25) is 5.91 Å². The summed E-state index contributed by atoms with van der Waals surface area (Å²) in [6.45, 7) is 5.98. The Morgan fingerprint density at radius 2 is 1.82 bits per heavy atom. The van der Waals surface area contributed by atoms with E-state index in [1.165, 1.54) is 0 Å². The van der Waals surface area contributed by atoms with Crippen LogP contribution in [-0.2, 0) is 4.79 Å². The van der Waals surface area contributed by atoms with Crippen molar-refractivity contribution in [2.45, 2.75) is 6.92 Å². The molecule has 2 aliphatic heterocycles. The van der Waals surface area contributed by atoms with Gasteiger partial charge in [0.1, 0.15) is 0 Å². The van der Waals surface area contributed by atoms with Crippen molar-refractivity contribution in [2.24, 2.45) is 5.92 Å². The molecule has 0 unspecified atom stereocenters. The van der Waals surface area contributed by atoms with Crippen LogP contribution in [0.3, 0.4) is 0 Å². The number of carbonyl (C=O) groups excluding carboxylic acids is 2. The van der Waals surface area contributed by atoms with Crippen LogP contribution in [0.1, 0.15) is 5.56 Å². The second-order valence-electron chi connectivity index (χ2n) is 5.97. The van der Waals surface area contributed by atoms with Crippen LogP contribution in [0.5, 0.6) is 0 Å². The molecule has 2 fully saturated rings. The van der Waals surface area contributed by atoms with E-state index in [0.29, 0.717) is 26.2 Å². The quantitative estimate of drug-likeness (QED) is 0.853. The summed E-state index contributed by atoms with van der Waals surface area (Å²) in [7, 11) is 0. The van der Waals surface area contributed by atoms with Gasteiger partial charge >= 0.3 is 6.03 Å². The van der Waals surface area contributed by atoms with Crippen molar-refractivity contribution in [1.29, 1.82) is 0 Å². The number of benzene rings is 1. The van der Waals surface area contributed by atoms with E-state index in [1.807, 2.05) is 36.1 Å². The number of amides is 3. The maximum absolute atomic E-state index is 12.3. The first kappa shape index (κ1) is 14.8. The Kier molecular flexibility index (Phi) is 4.29. The van der Waals surface area contributed by atoms with E-state index in [9.17, 15) is 9.59 Å². The van der Waals surface area contributed by atoms with Crippen LogP contribution < -0.4 is 10.6 Å². The highest BCUT2D eigenvalue weighted by atomic mass is 16.2. The molecular weight excluding hydrogens is 280 g/mol. The van der Waals surface area contributed by atoms with Crippen LogP contribution in [0.2, 0.25) is 0 Å². The summed E-state index contributed by atoms with van der Waals surface area (Å²) in [5, 5.41) is 6.03. The standard InChI is InChI=1S/C16H22N4O2/c1-12-3-2-4-14(9-12)18-16(22)20-7-5-19(6-8-20)15(21)13-10-17-11-13/h2-4,9,13,17H,5-8,10-11H2,1H3,(H,18,22). The highest BCUT2D eigenvalue weighted by Gasteiger charge is 2.31. The summed E-state index contributed by atoms with van der Waals surface area (Å²) in [6.07, 6.45) is 0. The summed E-state index contributed by atoms with van der Waals surface area (Å²) < 4.78 is 0. The van der Waals surface area contributed by atoms with Gasteiger partial charge in [0.25, 0.3) is 0 Å². The molecule has 3 amide bonds. The Balaban J connectivity index is 1.50. The van der Waals surface area contributed by atoms with Gasteiger partial charge in [0.15, 0.2) is 0 Å². The molecule has 0 aromatic heterocycles. The zero-order valence-corrected chi connectivity index (χ0v) is 12.8. The third-order valence-corrected chi connectivity index (χ3v) is 4.28. The van der Waals surface area contributed by atoms with Crippen molar-refractivity contribution in [3.63, 3.8) is 0 Å². The molecule has 0 atom stereocenters. The average Bonchev–Trinajstić information content (AvgIpc) is 2.45. The zero-order chi connectivity index (χ0) is 15.5. The smallest absolute Gasteiger partial charge is 0.321 e. The van der Waals surface area contributed by atoms with Gasteiger partial charge in [0, 0.05) is 45.0 Å². The topological polar surface area (TPSA) is 64.7 Å². The number of nitrogens with one attached hydrogen (secondary N) is 2. The predicted octanol–water partition coefficient (Wildman–Crippen LogP) is 0.891. The number of aryl methyl sites for hydroxylation is 1. The molecule has 0 aliphatic carbocycles. The minimum absolute atomic E-state index is 0.0944. The minimum atomic E-state index is -0.0944.